The van der Waals surface area contributed by atoms with E-state index in [0.29, 0.717) is 17.1 Å². The zero-order chi connectivity index (χ0) is 13.7. The van der Waals surface area contributed by atoms with E-state index in [-0.39, 0.29) is 5.91 Å². The molecule has 0 aromatic carbocycles. The van der Waals surface area contributed by atoms with Crippen LogP contribution in [0.4, 0.5) is 11.6 Å². The first-order valence-corrected chi connectivity index (χ1v) is 6.13. The highest BCUT2D eigenvalue weighted by Crippen LogP contribution is 2.16. The number of nitrogens with one attached hydrogen (secondary N) is 2. The van der Waals surface area contributed by atoms with E-state index < -0.39 is 0 Å². The topological polar surface area (TPSA) is 80.0 Å². The number of pyridine rings is 1. The van der Waals surface area contributed by atoms with Crippen molar-refractivity contribution < 1.29 is 9.32 Å². The number of hydrogen-bond acceptors (Lipinski definition) is 5. The van der Waals surface area contributed by atoms with Gasteiger partial charge in [0.1, 0.15) is 0 Å². The number of aromatic nitrogens is 2. The van der Waals surface area contributed by atoms with Gasteiger partial charge in [0, 0.05) is 25.0 Å². The molecule has 100 valence electrons. The minimum absolute atomic E-state index is 0.275. The Bertz CT molecular complexity index is 565. The fourth-order valence-electron chi connectivity index (χ4n) is 1.59. The monoisotopic (exact) mass is 260 g/mol. The maximum Gasteiger partial charge on any atom is 0.261 e. The number of rotatable bonds is 5. The van der Waals surface area contributed by atoms with E-state index in [9.17, 15) is 4.79 Å². The molecule has 0 aliphatic rings. The van der Waals surface area contributed by atoms with Crippen molar-refractivity contribution in [3.63, 3.8) is 0 Å². The number of nitrogens with zero attached hydrogens (tertiary/aromatic N) is 2. The molecule has 2 rings (SSSR count). The summed E-state index contributed by atoms with van der Waals surface area (Å²) in [6.07, 6.45) is 4.15. The summed E-state index contributed by atoms with van der Waals surface area (Å²) >= 11 is 0. The summed E-state index contributed by atoms with van der Waals surface area (Å²) in [4.78, 5) is 16.1. The molecule has 2 aromatic rings. The van der Waals surface area contributed by atoms with Gasteiger partial charge in [-0.05, 0) is 19.4 Å². The van der Waals surface area contributed by atoms with Crippen LogP contribution in [0.15, 0.2) is 29.0 Å². The van der Waals surface area contributed by atoms with Gasteiger partial charge in [-0.1, -0.05) is 12.1 Å². The van der Waals surface area contributed by atoms with Gasteiger partial charge in [0.05, 0.1) is 16.9 Å². The molecule has 6 heteroatoms. The van der Waals surface area contributed by atoms with E-state index in [0.717, 1.165) is 18.7 Å². The Hall–Kier alpha value is -2.37. The summed E-state index contributed by atoms with van der Waals surface area (Å²) in [6.45, 7) is 4.65. The fourth-order valence-corrected chi connectivity index (χ4v) is 1.59. The Morgan fingerprint density at radius 2 is 2.32 bits per heavy atom. The van der Waals surface area contributed by atoms with Gasteiger partial charge in [-0.2, -0.15) is 0 Å². The van der Waals surface area contributed by atoms with Crippen molar-refractivity contribution >= 4 is 17.5 Å². The third-order valence-electron chi connectivity index (χ3n) is 2.50. The molecule has 2 N–H and O–H groups in total. The van der Waals surface area contributed by atoms with Crippen LogP contribution in [0.25, 0.3) is 0 Å². The van der Waals surface area contributed by atoms with E-state index in [4.69, 9.17) is 4.52 Å². The summed E-state index contributed by atoms with van der Waals surface area (Å²) in [5, 5.41) is 9.55. The number of aryl methyl sites for hydroxylation is 1. The second-order valence-electron chi connectivity index (χ2n) is 4.13. The van der Waals surface area contributed by atoms with Crippen LogP contribution < -0.4 is 10.6 Å². The maximum atomic E-state index is 12.1. The zero-order valence-corrected chi connectivity index (χ0v) is 10.9. The Labute approximate surface area is 111 Å². The first kappa shape index (κ1) is 13.1. The largest absolute Gasteiger partial charge is 0.384 e. The summed E-state index contributed by atoms with van der Waals surface area (Å²) in [5.41, 5.74) is 1.95. The first-order valence-electron chi connectivity index (χ1n) is 6.13. The molecule has 0 aliphatic carbocycles. The van der Waals surface area contributed by atoms with Gasteiger partial charge in [0.15, 0.2) is 0 Å². The highest BCUT2D eigenvalue weighted by molar-refractivity contribution is 6.07. The van der Waals surface area contributed by atoms with Crippen molar-refractivity contribution in [3.05, 3.63) is 35.8 Å². The Balaban J connectivity index is 2.14. The van der Waals surface area contributed by atoms with Crippen molar-refractivity contribution in [2.45, 2.75) is 20.3 Å². The standard InChI is InChI=1S/C13H16N4O2/c1-3-5-15-11-4-6-14-8-10(11)13(18)16-12-7-9(2)17-19-12/h4,6-8H,3,5H2,1-2H3,(H,14,15)(H,16,18). The van der Waals surface area contributed by atoms with E-state index >= 15 is 0 Å². The van der Waals surface area contributed by atoms with Crippen LogP contribution in [-0.2, 0) is 0 Å². The lowest BCUT2D eigenvalue weighted by Gasteiger charge is -2.09. The van der Waals surface area contributed by atoms with Crippen LogP contribution in [0, 0.1) is 6.92 Å². The lowest BCUT2D eigenvalue weighted by atomic mass is 10.2. The lowest BCUT2D eigenvalue weighted by molar-refractivity contribution is 0.102. The molecule has 0 atom stereocenters. The van der Waals surface area contributed by atoms with Crippen LogP contribution in [0.5, 0.6) is 0 Å². The van der Waals surface area contributed by atoms with Gasteiger partial charge in [-0.15, -0.1) is 0 Å². The lowest BCUT2D eigenvalue weighted by Crippen LogP contribution is -2.15. The number of carbonyl (C=O) groups excluding carboxylic acids is 1. The molecule has 0 radical (unpaired) electrons. The second kappa shape index (κ2) is 5.99. The summed E-state index contributed by atoms with van der Waals surface area (Å²) in [6, 6.07) is 3.43. The van der Waals surface area contributed by atoms with Crippen LogP contribution in [0.3, 0.4) is 0 Å². The molecule has 19 heavy (non-hydrogen) atoms. The molecule has 0 aliphatic heterocycles. The highest BCUT2D eigenvalue weighted by Gasteiger charge is 2.13. The Morgan fingerprint density at radius 1 is 1.47 bits per heavy atom. The molecule has 0 unspecified atom stereocenters. The third-order valence-corrected chi connectivity index (χ3v) is 2.50. The van der Waals surface area contributed by atoms with Gasteiger partial charge in [0.2, 0.25) is 5.88 Å². The highest BCUT2D eigenvalue weighted by atomic mass is 16.5. The molecule has 0 saturated carbocycles. The van der Waals surface area contributed by atoms with Crippen LogP contribution in [0.2, 0.25) is 0 Å². The normalized spacial score (nSPS) is 10.2. The van der Waals surface area contributed by atoms with Gasteiger partial charge < -0.3 is 9.84 Å². The number of anilines is 2. The van der Waals surface area contributed by atoms with Crippen molar-refractivity contribution in [1.82, 2.24) is 10.1 Å². The van der Waals surface area contributed by atoms with Crippen molar-refractivity contribution in [2.24, 2.45) is 0 Å². The Kier molecular flexibility index (Phi) is 4.12. The SMILES string of the molecule is CCCNc1ccncc1C(=O)Nc1cc(C)no1. The van der Waals surface area contributed by atoms with Gasteiger partial charge in [-0.25, -0.2) is 0 Å². The molecule has 0 spiro atoms. The summed E-state index contributed by atoms with van der Waals surface area (Å²) < 4.78 is 4.95. The summed E-state index contributed by atoms with van der Waals surface area (Å²) in [7, 11) is 0. The molecular formula is C13H16N4O2. The molecule has 1 amide bonds. The fraction of sp³-hybridized carbons (Fsp3) is 0.308. The van der Waals surface area contributed by atoms with Crippen molar-refractivity contribution in [2.75, 3.05) is 17.2 Å². The van der Waals surface area contributed by atoms with Crippen molar-refractivity contribution in [3.8, 4) is 0 Å². The van der Waals surface area contributed by atoms with E-state index in [1.165, 1.54) is 6.20 Å². The van der Waals surface area contributed by atoms with E-state index in [2.05, 4.69) is 27.7 Å². The van der Waals surface area contributed by atoms with Crippen LogP contribution in [0.1, 0.15) is 29.4 Å². The van der Waals surface area contributed by atoms with Gasteiger partial charge in [0.25, 0.3) is 5.91 Å². The minimum atomic E-state index is -0.275. The average Bonchev–Trinajstić information content (AvgIpc) is 2.82. The molecule has 0 fully saturated rings. The Morgan fingerprint density at radius 3 is 3.00 bits per heavy atom. The number of hydrogen-bond donors (Lipinski definition) is 2. The smallest absolute Gasteiger partial charge is 0.261 e. The maximum absolute atomic E-state index is 12.1. The van der Waals surface area contributed by atoms with Crippen molar-refractivity contribution in [1.29, 1.82) is 0 Å². The molecule has 2 heterocycles. The second-order valence-corrected chi connectivity index (χ2v) is 4.13. The molecule has 0 bridgehead atoms. The predicted octanol–water partition coefficient (Wildman–Crippen LogP) is 2.45. The predicted molar refractivity (Wildman–Crippen MR) is 72.2 cm³/mol. The number of amides is 1. The van der Waals surface area contributed by atoms with E-state index in [1.54, 1.807) is 25.3 Å². The minimum Gasteiger partial charge on any atom is -0.384 e. The molecular weight excluding hydrogens is 244 g/mol. The van der Waals surface area contributed by atoms with Gasteiger partial charge in [-0.3, -0.25) is 15.1 Å². The van der Waals surface area contributed by atoms with Crippen LogP contribution >= 0.6 is 0 Å². The zero-order valence-electron chi connectivity index (χ0n) is 10.9. The van der Waals surface area contributed by atoms with Crippen LogP contribution in [-0.4, -0.2) is 22.6 Å². The first-order chi connectivity index (χ1) is 9.20. The third kappa shape index (κ3) is 3.31. The molecule has 2 aromatic heterocycles. The molecule has 6 nitrogen and oxygen atoms in total. The quantitative estimate of drug-likeness (QED) is 0.863. The van der Waals surface area contributed by atoms with E-state index in [1.807, 2.05) is 0 Å². The summed E-state index contributed by atoms with van der Waals surface area (Å²) in [5.74, 6) is 0.0515. The van der Waals surface area contributed by atoms with Gasteiger partial charge >= 0.3 is 0 Å². The average molecular weight is 260 g/mol. The number of carbonyl (C=O) groups is 1. The molecule has 0 saturated heterocycles.